The van der Waals surface area contributed by atoms with Crippen LogP contribution in [-0.2, 0) is 9.47 Å². The van der Waals surface area contributed by atoms with Crippen molar-refractivity contribution in [3.63, 3.8) is 0 Å². The Morgan fingerprint density at radius 1 is 1.23 bits per heavy atom. The maximum absolute atomic E-state index is 13.0. The minimum absolute atomic E-state index is 0.0805. The third kappa shape index (κ3) is 4.04. The van der Waals surface area contributed by atoms with E-state index in [9.17, 15) is 4.79 Å². The summed E-state index contributed by atoms with van der Waals surface area (Å²) in [5.74, 6) is 7.62. The Balaban J connectivity index is 1.20. The molecule has 0 atom stereocenters. The second-order valence-corrected chi connectivity index (χ2v) is 8.82. The number of allylic oxidation sites excluding steroid dienone is 1. The molecule has 3 fully saturated rings. The summed E-state index contributed by atoms with van der Waals surface area (Å²) in [6.07, 6.45) is 4.55. The van der Waals surface area contributed by atoms with Crippen molar-refractivity contribution in [2.45, 2.75) is 38.9 Å². The predicted octanol–water partition coefficient (Wildman–Crippen LogP) is 2.19. The standard InChI is InChI=1S/C23H28N4O3/c1-16-21(24-25-27(16)13-20-29-14-23(11-12-23)15-30-20)26(2)22(28)19-9-7-18(8-10-19)6-5-17-3-4-17/h7-10,17,20,24-25H,3-4,11-15H2,1-2H3. The summed E-state index contributed by atoms with van der Waals surface area (Å²) in [6, 6.07) is 7.50. The normalized spacial score (nSPS) is 22.5. The average Bonchev–Trinajstić information content (AvgIpc) is 3.70. The van der Waals surface area contributed by atoms with Gasteiger partial charge >= 0.3 is 0 Å². The first kappa shape index (κ1) is 19.4. The van der Waals surface area contributed by atoms with E-state index in [0.717, 1.165) is 24.5 Å². The molecule has 158 valence electrons. The molecule has 5 rings (SSSR count). The van der Waals surface area contributed by atoms with Crippen LogP contribution in [0.5, 0.6) is 0 Å². The lowest BCUT2D eigenvalue weighted by atomic mass is 10.1. The quantitative estimate of drug-likeness (QED) is 0.745. The van der Waals surface area contributed by atoms with Crippen molar-refractivity contribution in [2.24, 2.45) is 11.3 Å². The van der Waals surface area contributed by atoms with Gasteiger partial charge < -0.3 is 9.47 Å². The van der Waals surface area contributed by atoms with Gasteiger partial charge in [0.15, 0.2) is 6.29 Å². The van der Waals surface area contributed by atoms with E-state index in [1.165, 1.54) is 25.7 Å². The Morgan fingerprint density at radius 2 is 1.93 bits per heavy atom. The van der Waals surface area contributed by atoms with Crippen molar-refractivity contribution in [1.82, 2.24) is 20.9 Å². The smallest absolute Gasteiger partial charge is 0.259 e. The van der Waals surface area contributed by atoms with E-state index in [2.05, 4.69) is 22.8 Å². The first-order chi connectivity index (χ1) is 14.5. The van der Waals surface area contributed by atoms with Crippen LogP contribution in [0.1, 0.15) is 48.5 Å². The largest absolute Gasteiger partial charge is 0.350 e. The van der Waals surface area contributed by atoms with Crippen LogP contribution in [0.2, 0.25) is 0 Å². The first-order valence-electron chi connectivity index (χ1n) is 10.7. The van der Waals surface area contributed by atoms with Crippen LogP contribution in [-0.4, -0.2) is 48.9 Å². The van der Waals surface area contributed by atoms with E-state index in [-0.39, 0.29) is 17.6 Å². The molecule has 7 nitrogen and oxygen atoms in total. The first-order valence-corrected chi connectivity index (χ1v) is 10.7. The van der Waals surface area contributed by atoms with Crippen LogP contribution < -0.4 is 11.0 Å². The average molecular weight is 409 g/mol. The van der Waals surface area contributed by atoms with Crippen LogP contribution in [0.3, 0.4) is 0 Å². The fourth-order valence-electron chi connectivity index (χ4n) is 3.69. The zero-order valence-corrected chi connectivity index (χ0v) is 17.5. The lowest BCUT2D eigenvalue weighted by molar-refractivity contribution is -0.214. The number of carbonyl (C=O) groups excluding carboxylic acids is 1. The van der Waals surface area contributed by atoms with Gasteiger partial charge in [-0.25, -0.2) is 0 Å². The molecule has 2 saturated carbocycles. The molecule has 2 N–H and O–H groups in total. The van der Waals surface area contributed by atoms with Crippen LogP contribution in [0.15, 0.2) is 35.8 Å². The number of hydrazine groups is 2. The highest BCUT2D eigenvalue weighted by molar-refractivity contribution is 5.95. The van der Waals surface area contributed by atoms with Gasteiger partial charge in [0.05, 0.1) is 25.5 Å². The highest BCUT2D eigenvalue weighted by Crippen LogP contribution is 2.48. The molecule has 0 radical (unpaired) electrons. The van der Waals surface area contributed by atoms with E-state index in [4.69, 9.17) is 9.47 Å². The molecule has 4 aliphatic rings. The van der Waals surface area contributed by atoms with Gasteiger partial charge in [0.2, 0.25) is 0 Å². The van der Waals surface area contributed by atoms with Gasteiger partial charge in [0, 0.05) is 29.5 Å². The molecule has 7 heteroatoms. The third-order valence-corrected chi connectivity index (χ3v) is 6.27. The topological polar surface area (TPSA) is 66.1 Å². The molecular formula is C23H28N4O3. The molecular weight excluding hydrogens is 380 g/mol. The van der Waals surface area contributed by atoms with E-state index >= 15 is 0 Å². The van der Waals surface area contributed by atoms with Crippen molar-refractivity contribution in [2.75, 3.05) is 26.8 Å². The maximum Gasteiger partial charge on any atom is 0.259 e. The van der Waals surface area contributed by atoms with Crippen molar-refractivity contribution in [3.05, 3.63) is 46.9 Å². The number of hydrogen-bond donors (Lipinski definition) is 2. The van der Waals surface area contributed by atoms with Gasteiger partial charge in [-0.1, -0.05) is 11.8 Å². The van der Waals surface area contributed by atoms with Crippen LogP contribution in [0.25, 0.3) is 0 Å². The molecule has 2 aliphatic heterocycles. The summed E-state index contributed by atoms with van der Waals surface area (Å²) in [5, 5.41) is 1.92. The van der Waals surface area contributed by atoms with Gasteiger partial charge in [-0.05, 0) is 56.9 Å². The molecule has 1 aromatic rings. The van der Waals surface area contributed by atoms with Gasteiger partial charge in [-0.15, -0.1) is 5.53 Å². The Labute approximate surface area is 177 Å². The van der Waals surface area contributed by atoms with E-state index in [1.807, 2.05) is 36.2 Å². The molecule has 1 spiro atoms. The summed E-state index contributed by atoms with van der Waals surface area (Å²) < 4.78 is 11.8. The highest BCUT2D eigenvalue weighted by atomic mass is 16.7. The minimum atomic E-state index is -0.273. The Hall–Kier alpha value is -2.53. The van der Waals surface area contributed by atoms with Crippen molar-refractivity contribution in [3.8, 4) is 11.8 Å². The van der Waals surface area contributed by atoms with Gasteiger partial charge in [0.1, 0.15) is 5.82 Å². The fourth-order valence-corrected chi connectivity index (χ4v) is 3.69. The number of nitrogens with zero attached hydrogens (tertiary/aromatic N) is 2. The lowest BCUT2D eigenvalue weighted by Crippen LogP contribution is -2.46. The molecule has 0 aromatic heterocycles. The molecule has 1 amide bonds. The summed E-state index contributed by atoms with van der Waals surface area (Å²) in [5.41, 5.74) is 8.99. The molecule has 0 bridgehead atoms. The zero-order valence-electron chi connectivity index (χ0n) is 17.5. The fraction of sp³-hybridized carbons (Fsp3) is 0.522. The second-order valence-electron chi connectivity index (χ2n) is 8.82. The summed E-state index contributed by atoms with van der Waals surface area (Å²) in [7, 11) is 1.77. The van der Waals surface area contributed by atoms with E-state index in [1.54, 1.807) is 11.9 Å². The SMILES string of the molecule is CC1=C(N(C)C(=O)c2ccc(C#CC3CC3)cc2)NNN1CC1OCC2(CC2)CO1. The molecule has 2 heterocycles. The van der Waals surface area contributed by atoms with E-state index in [0.29, 0.717) is 23.8 Å². The van der Waals surface area contributed by atoms with Crippen molar-refractivity contribution in [1.29, 1.82) is 0 Å². The monoisotopic (exact) mass is 408 g/mol. The number of carbonyl (C=O) groups is 1. The van der Waals surface area contributed by atoms with Gasteiger partial charge in [-0.2, -0.15) is 0 Å². The molecule has 30 heavy (non-hydrogen) atoms. The lowest BCUT2D eigenvalue weighted by Gasteiger charge is -2.32. The van der Waals surface area contributed by atoms with Crippen molar-refractivity contribution >= 4 is 5.91 Å². The maximum atomic E-state index is 13.0. The molecule has 2 aliphatic carbocycles. The molecule has 0 unspecified atom stereocenters. The zero-order chi connectivity index (χ0) is 20.7. The Bertz CT molecular complexity index is 912. The molecule has 1 aromatic carbocycles. The number of rotatable bonds is 4. The summed E-state index contributed by atoms with van der Waals surface area (Å²) in [6.45, 7) is 4.06. The second kappa shape index (κ2) is 7.62. The van der Waals surface area contributed by atoms with Crippen LogP contribution in [0, 0.1) is 23.2 Å². The predicted molar refractivity (Wildman–Crippen MR) is 111 cm³/mol. The summed E-state index contributed by atoms with van der Waals surface area (Å²) >= 11 is 0. The Morgan fingerprint density at radius 3 is 2.57 bits per heavy atom. The van der Waals surface area contributed by atoms with Gasteiger partial charge in [-0.3, -0.25) is 20.1 Å². The number of hydrogen-bond acceptors (Lipinski definition) is 6. The number of amides is 1. The summed E-state index contributed by atoms with van der Waals surface area (Å²) in [4.78, 5) is 14.6. The van der Waals surface area contributed by atoms with Crippen molar-refractivity contribution < 1.29 is 14.3 Å². The number of benzene rings is 1. The van der Waals surface area contributed by atoms with Gasteiger partial charge in [0.25, 0.3) is 5.91 Å². The molecule has 1 saturated heterocycles. The van der Waals surface area contributed by atoms with Crippen LogP contribution >= 0.6 is 0 Å². The third-order valence-electron chi connectivity index (χ3n) is 6.27. The van der Waals surface area contributed by atoms with Crippen LogP contribution in [0.4, 0.5) is 0 Å². The number of nitrogens with one attached hydrogen (secondary N) is 2. The minimum Gasteiger partial charge on any atom is -0.350 e. The Kier molecular flexibility index (Phi) is 4.94. The number of ether oxygens (including phenoxy) is 2. The highest BCUT2D eigenvalue weighted by Gasteiger charge is 2.47. The van der Waals surface area contributed by atoms with E-state index < -0.39 is 0 Å².